The van der Waals surface area contributed by atoms with Crippen LogP contribution < -0.4 is 5.32 Å². The topological polar surface area (TPSA) is 12.0 Å². The van der Waals surface area contributed by atoms with Crippen LogP contribution in [0.5, 0.6) is 0 Å². The van der Waals surface area contributed by atoms with E-state index in [9.17, 15) is 0 Å². The highest BCUT2D eigenvalue weighted by Crippen LogP contribution is 2.37. The van der Waals surface area contributed by atoms with Crippen molar-refractivity contribution in [1.82, 2.24) is 5.32 Å². The van der Waals surface area contributed by atoms with Crippen LogP contribution in [0.15, 0.2) is 24.4 Å². The van der Waals surface area contributed by atoms with Gasteiger partial charge in [-0.05, 0) is 53.1 Å². The molecule has 0 bridgehead atoms. The number of hydrogen-bond acceptors (Lipinski definition) is 1. The van der Waals surface area contributed by atoms with E-state index in [1.165, 1.54) is 17.5 Å². The molecule has 0 aliphatic carbocycles. The molecule has 98 valence electrons. The summed E-state index contributed by atoms with van der Waals surface area (Å²) in [6, 6.07) is 6.75. The van der Waals surface area contributed by atoms with Crippen molar-refractivity contribution in [2.75, 3.05) is 6.54 Å². The monoisotopic (exact) mass is 243 g/mol. The molecular weight excluding hydrogens is 218 g/mol. The van der Waals surface area contributed by atoms with Crippen molar-refractivity contribution in [3.05, 3.63) is 41.1 Å². The minimum Gasteiger partial charge on any atom is -0.391 e. The second-order valence-corrected chi connectivity index (χ2v) is 5.93. The number of nitrogens with one attached hydrogen (secondary N) is 1. The lowest BCUT2D eigenvalue weighted by atomic mass is 9.78. The third kappa shape index (κ3) is 2.60. The second kappa shape index (κ2) is 5.60. The van der Waals surface area contributed by atoms with E-state index in [1.54, 1.807) is 5.56 Å². The Morgan fingerprint density at radius 1 is 1.17 bits per heavy atom. The van der Waals surface area contributed by atoms with Gasteiger partial charge in [0.1, 0.15) is 0 Å². The van der Waals surface area contributed by atoms with Gasteiger partial charge in [0.15, 0.2) is 0 Å². The van der Waals surface area contributed by atoms with Crippen molar-refractivity contribution in [1.29, 1.82) is 0 Å². The Hall–Kier alpha value is -1.24. The summed E-state index contributed by atoms with van der Waals surface area (Å²) in [7, 11) is 0. The van der Waals surface area contributed by atoms with Gasteiger partial charge in [0.25, 0.3) is 0 Å². The molecule has 0 amide bonds. The molecule has 1 aromatic carbocycles. The third-order valence-electron chi connectivity index (χ3n) is 3.95. The van der Waals surface area contributed by atoms with Crippen LogP contribution in [0.25, 0.3) is 6.08 Å². The maximum absolute atomic E-state index is 3.38. The minimum absolute atomic E-state index is 0.599. The molecule has 0 aromatic heterocycles. The lowest BCUT2D eigenvalue weighted by Crippen LogP contribution is -2.19. The predicted molar refractivity (Wildman–Crippen MR) is 79.8 cm³/mol. The molecule has 0 saturated heterocycles. The molecule has 18 heavy (non-hydrogen) atoms. The van der Waals surface area contributed by atoms with Gasteiger partial charge in [-0.25, -0.2) is 0 Å². The molecule has 2 rings (SSSR count). The number of benzene rings is 1. The highest BCUT2D eigenvalue weighted by molar-refractivity contribution is 5.58. The van der Waals surface area contributed by atoms with E-state index >= 15 is 0 Å². The van der Waals surface area contributed by atoms with E-state index in [2.05, 4.69) is 63.5 Å². The molecule has 0 radical (unpaired) electrons. The summed E-state index contributed by atoms with van der Waals surface area (Å²) >= 11 is 0. The zero-order valence-electron chi connectivity index (χ0n) is 12.0. The highest BCUT2D eigenvalue weighted by Gasteiger charge is 2.22. The van der Waals surface area contributed by atoms with Gasteiger partial charge in [0.05, 0.1) is 0 Å². The average molecular weight is 243 g/mol. The molecule has 1 nitrogen and oxygen atoms in total. The summed E-state index contributed by atoms with van der Waals surface area (Å²) in [5, 5.41) is 3.38. The zero-order chi connectivity index (χ0) is 13.1. The van der Waals surface area contributed by atoms with E-state index in [-0.39, 0.29) is 0 Å². The number of hydrogen-bond donors (Lipinski definition) is 1. The Kier molecular flexibility index (Phi) is 4.11. The fourth-order valence-electron chi connectivity index (χ4n) is 2.96. The van der Waals surface area contributed by atoms with Crippen molar-refractivity contribution >= 4 is 6.08 Å². The normalized spacial score (nSPS) is 19.3. The van der Waals surface area contributed by atoms with Crippen molar-refractivity contribution in [2.45, 2.75) is 46.0 Å². The van der Waals surface area contributed by atoms with Crippen LogP contribution in [0.2, 0.25) is 0 Å². The average Bonchev–Trinajstić information content (AvgIpc) is 2.28. The van der Waals surface area contributed by atoms with E-state index in [0.29, 0.717) is 17.8 Å². The van der Waals surface area contributed by atoms with E-state index in [0.717, 1.165) is 6.54 Å². The Balaban J connectivity index is 2.58. The molecule has 1 aliphatic rings. The van der Waals surface area contributed by atoms with Crippen LogP contribution in [0.1, 0.15) is 62.6 Å². The molecule has 0 spiro atoms. The van der Waals surface area contributed by atoms with Gasteiger partial charge in [-0.15, -0.1) is 0 Å². The maximum atomic E-state index is 3.38. The van der Waals surface area contributed by atoms with Crippen LogP contribution in [0.4, 0.5) is 0 Å². The summed E-state index contributed by atoms with van der Waals surface area (Å²) in [4.78, 5) is 0. The Morgan fingerprint density at radius 3 is 2.61 bits per heavy atom. The maximum Gasteiger partial charge on any atom is 0.0147 e. The first-order valence-corrected chi connectivity index (χ1v) is 7.14. The van der Waals surface area contributed by atoms with Gasteiger partial charge in [-0.2, -0.15) is 0 Å². The SMILES string of the molecule is CC(C)c1cccc2c1C(C(C)C)CCNC=C2. The molecule has 1 unspecified atom stereocenters. The van der Waals surface area contributed by atoms with Crippen molar-refractivity contribution in [3.63, 3.8) is 0 Å². The lowest BCUT2D eigenvalue weighted by molar-refractivity contribution is 0.457. The highest BCUT2D eigenvalue weighted by atomic mass is 14.8. The molecule has 1 atom stereocenters. The van der Waals surface area contributed by atoms with Gasteiger partial charge in [0, 0.05) is 6.54 Å². The van der Waals surface area contributed by atoms with Crippen molar-refractivity contribution in [2.24, 2.45) is 5.92 Å². The molecule has 0 fully saturated rings. The number of rotatable bonds is 2. The predicted octanol–water partition coefficient (Wildman–Crippen LogP) is 4.51. The molecule has 1 heteroatoms. The largest absolute Gasteiger partial charge is 0.391 e. The Morgan fingerprint density at radius 2 is 1.94 bits per heavy atom. The summed E-state index contributed by atoms with van der Waals surface area (Å²) in [6.45, 7) is 10.4. The Bertz CT molecular complexity index is 429. The fourth-order valence-corrected chi connectivity index (χ4v) is 2.96. The first-order valence-electron chi connectivity index (χ1n) is 7.14. The molecule has 1 heterocycles. The van der Waals surface area contributed by atoms with Gasteiger partial charge in [-0.3, -0.25) is 0 Å². The third-order valence-corrected chi connectivity index (χ3v) is 3.95. The van der Waals surface area contributed by atoms with Crippen molar-refractivity contribution < 1.29 is 0 Å². The quantitative estimate of drug-likeness (QED) is 0.805. The fraction of sp³-hybridized carbons (Fsp3) is 0.529. The van der Waals surface area contributed by atoms with Gasteiger partial charge < -0.3 is 5.32 Å². The molecular formula is C17H25N. The van der Waals surface area contributed by atoms with Gasteiger partial charge in [-0.1, -0.05) is 45.9 Å². The van der Waals surface area contributed by atoms with Crippen LogP contribution >= 0.6 is 0 Å². The molecule has 1 N–H and O–H groups in total. The van der Waals surface area contributed by atoms with Crippen LogP contribution in [0, 0.1) is 5.92 Å². The van der Waals surface area contributed by atoms with E-state index < -0.39 is 0 Å². The Labute approximate surface area is 111 Å². The summed E-state index contributed by atoms with van der Waals surface area (Å²) in [5.41, 5.74) is 4.50. The summed E-state index contributed by atoms with van der Waals surface area (Å²) < 4.78 is 0. The molecule has 0 saturated carbocycles. The van der Waals surface area contributed by atoms with Gasteiger partial charge >= 0.3 is 0 Å². The lowest BCUT2D eigenvalue weighted by Gasteiger charge is -2.28. The number of fused-ring (bicyclic) bond motifs is 1. The van der Waals surface area contributed by atoms with Crippen molar-refractivity contribution in [3.8, 4) is 0 Å². The first kappa shape index (κ1) is 13.2. The molecule has 1 aromatic rings. The standard InChI is InChI=1S/C17H25N/c1-12(2)15-7-5-6-14-8-10-18-11-9-16(13(3)4)17(14)15/h5-8,10,12-13,16,18H,9,11H2,1-4H3. The van der Waals surface area contributed by atoms with Gasteiger partial charge in [0.2, 0.25) is 0 Å². The smallest absolute Gasteiger partial charge is 0.0147 e. The second-order valence-electron chi connectivity index (χ2n) is 5.93. The summed E-state index contributed by atoms with van der Waals surface area (Å²) in [6.07, 6.45) is 5.55. The van der Waals surface area contributed by atoms with Crippen LogP contribution in [-0.4, -0.2) is 6.54 Å². The summed E-state index contributed by atoms with van der Waals surface area (Å²) in [5.74, 6) is 1.95. The first-order chi connectivity index (χ1) is 8.61. The molecule has 1 aliphatic heterocycles. The van der Waals surface area contributed by atoms with Crippen LogP contribution in [-0.2, 0) is 0 Å². The van der Waals surface area contributed by atoms with E-state index in [4.69, 9.17) is 0 Å². The zero-order valence-corrected chi connectivity index (χ0v) is 12.0. The minimum atomic E-state index is 0.599. The van der Waals surface area contributed by atoms with E-state index in [1.807, 2.05) is 0 Å². The van der Waals surface area contributed by atoms with Crippen LogP contribution in [0.3, 0.4) is 0 Å².